The molecule has 156 valence electrons. The Bertz CT molecular complexity index is 304. The number of hydrogen-bond donors (Lipinski definition) is 1. The molecule has 0 aromatic heterocycles. The Morgan fingerprint density at radius 3 is 1.42 bits per heavy atom. The van der Waals surface area contributed by atoms with Crippen LogP contribution in [0.15, 0.2) is 0 Å². The first-order valence-corrected chi connectivity index (χ1v) is 13.7. The lowest BCUT2D eigenvalue weighted by Crippen LogP contribution is -2.38. The second kappa shape index (κ2) is 17.9. The van der Waals surface area contributed by atoms with E-state index in [1.165, 1.54) is 0 Å². The molecule has 0 saturated carbocycles. The number of hydrogen-bond acceptors (Lipinski definition) is 5. The van der Waals surface area contributed by atoms with Crippen LogP contribution in [0.1, 0.15) is 40.5 Å². The minimum atomic E-state index is -0.460. The maximum Gasteiger partial charge on any atom is 0.314 e. The van der Waals surface area contributed by atoms with E-state index in [-0.39, 0.29) is 17.9 Å². The number of ether oxygens (including phenoxy) is 4. The Hall–Kier alpha value is -0.456. The Kier molecular flexibility index (Phi) is 17.6. The number of rotatable bonds is 18. The fourth-order valence-electron chi connectivity index (χ4n) is 2.73. The van der Waals surface area contributed by atoms with E-state index in [0.29, 0.717) is 26.4 Å². The van der Waals surface area contributed by atoms with Gasteiger partial charge in [-0.25, -0.2) is 4.79 Å². The Labute approximate surface area is 163 Å². The number of amides is 2. The molecule has 0 rings (SSSR count). The van der Waals surface area contributed by atoms with Crippen LogP contribution in [-0.2, 0) is 18.9 Å². The van der Waals surface area contributed by atoms with Crippen molar-refractivity contribution in [2.75, 3.05) is 39.5 Å². The van der Waals surface area contributed by atoms with Gasteiger partial charge in [-0.3, -0.25) is 0 Å². The molecule has 0 aliphatic heterocycles. The zero-order valence-corrected chi connectivity index (χ0v) is 20.0. The van der Waals surface area contributed by atoms with Gasteiger partial charge in [0.25, 0.3) is 0 Å². The first-order valence-electron chi connectivity index (χ1n) is 10.1. The number of carbonyl (C=O) groups is 1. The van der Waals surface area contributed by atoms with Crippen LogP contribution < -0.4 is 5.73 Å². The second-order valence-corrected chi connectivity index (χ2v) is 9.90. The quantitative estimate of drug-likeness (QED) is 0.208. The summed E-state index contributed by atoms with van der Waals surface area (Å²) in [7, 11) is -0.920. The summed E-state index contributed by atoms with van der Waals surface area (Å²) in [6, 6.07) is 1.84. The molecule has 2 amide bonds. The Morgan fingerprint density at radius 2 is 1.15 bits per heavy atom. The van der Waals surface area contributed by atoms with Crippen molar-refractivity contribution in [3.8, 4) is 0 Å². The number of primary amides is 1. The van der Waals surface area contributed by atoms with Crippen molar-refractivity contribution < 1.29 is 23.7 Å². The van der Waals surface area contributed by atoms with Crippen molar-refractivity contribution in [3.63, 3.8) is 0 Å². The van der Waals surface area contributed by atoms with Gasteiger partial charge in [0.05, 0.1) is 19.0 Å². The molecule has 26 heavy (non-hydrogen) atoms. The molecule has 0 fully saturated rings. The molecule has 2 N–H and O–H groups in total. The van der Waals surface area contributed by atoms with Crippen molar-refractivity contribution >= 4 is 25.1 Å². The number of nitrogens with two attached hydrogens (primary N) is 1. The van der Waals surface area contributed by atoms with E-state index < -0.39 is 19.0 Å². The highest BCUT2D eigenvalue weighted by atomic mass is 28.2. The van der Waals surface area contributed by atoms with Crippen molar-refractivity contribution in [1.82, 2.24) is 4.90 Å². The van der Waals surface area contributed by atoms with Crippen molar-refractivity contribution in [3.05, 3.63) is 0 Å². The number of carbonyl (C=O) groups excluding carboxylic acids is 1. The molecule has 0 bridgehead atoms. The molecule has 0 atom stereocenters. The van der Waals surface area contributed by atoms with Gasteiger partial charge in [0.2, 0.25) is 0 Å². The summed E-state index contributed by atoms with van der Waals surface area (Å²) in [6.07, 6.45) is 1.92. The van der Waals surface area contributed by atoms with Gasteiger partial charge in [-0.2, -0.15) is 0 Å². The predicted molar refractivity (Wildman–Crippen MR) is 111 cm³/mol. The molecule has 0 aliphatic rings. The van der Waals surface area contributed by atoms with Crippen molar-refractivity contribution in [2.45, 2.75) is 64.5 Å². The first-order chi connectivity index (χ1) is 12.6. The van der Waals surface area contributed by atoms with Crippen LogP contribution in [0.4, 0.5) is 4.79 Å². The van der Waals surface area contributed by atoms with E-state index in [1.807, 2.05) is 27.7 Å². The first kappa shape index (κ1) is 25.5. The normalized spacial score (nSPS) is 12.4. The van der Waals surface area contributed by atoms with Crippen LogP contribution in [0.3, 0.4) is 0 Å². The smallest absolute Gasteiger partial charge is 0.314 e. The third kappa shape index (κ3) is 13.7. The highest BCUT2D eigenvalue weighted by Gasteiger charge is 2.13. The molecule has 0 aromatic carbocycles. The zero-order valence-electron chi connectivity index (χ0n) is 17.2. The van der Waals surface area contributed by atoms with Crippen molar-refractivity contribution in [2.24, 2.45) is 5.73 Å². The van der Waals surface area contributed by atoms with Gasteiger partial charge < -0.3 is 29.6 Å². The van der Waals surface area contributed by atoms with Gasteiger partial charge in [0, 0.05) is 39.5 Å². The molecule has 0 aliphatic carbocycles. The fourth-order valence-corrected chi connectivity index (χ4v) is 6.03. The van der Waals surface area contributed by atoms with Gasteiger partial charge in [0.1, 0.15) is 11.8 Å². The van der Waals surface area contributed by atoms with Crippen LogP contribution in [0.5, 0.6) is 0 Å². The minimum Gasteiger partial charge on any atom is -0.357 e. The number of nitrogens with zero attached hydrogens (tertiary/aromatic N) is 1. The van der Waals surface area contributed by atoms with Crippen LogP contribution in [-0.4, -0.2) is 81.3 Å². The Balaban J connectivity index is 4.00. The number of urea groups is 1. The van der Waals surface area contributed by atoms with E-state index in [1.54, 1.807) is 4.90 Å². The highest BCUT2D eigenvalue weighted by Crippen LogP contribution is 2.04. The molecule has 0 heterocycles. The van der Waals surface area contributed by atoms with Gasteiger partial charge in [-0.15, -0.1) is 0 Å². The summed E-state index contributed by atoms with van der Waals surface area (Å²) in [6.45, 7) is 12.1. The third-order valence-corrected chi connectivity index (χ3v) is 7.66. The van der Waals surface area contributed by atoms with Crippen LogP contribution in [0, 0.1) is 0 Å². The highest BCUT2D eigenvalue weighted by molar-refractivity contribution is 6.36. The van der Waals surface area contributed by atoms with Crippen LogP contribution in [0.2, 0.25) is 12.1 Å². The summed E-state index contributed by atoms with van der Waals surface area (Å²) < 4.78 is 22.4. The molecule has 9 heteroatoms. The largest absolute Gasteiger partial charge is 0.357 e. The summed E-state index contributed by atoms with van der Waals surface area (Å²) in [5.41, 5.74) is 5.52. The summed E-state index contributed by atoms with van der Waals surface area (Å²) in [5.74, 6) is -0.0146. The van der Waals surface area contributed by atoms with Gasteiger partial charge in [0.15, 0.2) is 0 Å². The van der Waals surface area contributed by atoms with Crippen LogP contribution in [0.25, 0.3) is 0 Å². The lowest BCUT2D eigenvalue weighted by atomic mass is 10.4. The molecule has 0 spiro atoms. The predicted octanol–water partition coefficient (Wildman–Crippen LogP) is 1.03. The third-order valence-electron chi connectivity index (χ3n) is 3.96. The maximum absolute atomic E-state index is 11.6. The Morgan fingerprint density at radius 1 is 0.808 bits per heavy atom. The van der Waals surface area contributed by atoms with E-state index >= 15 is 0 Å². The van der Waals surface area contributed by atoms with Crippen LogP contribution >= 0.6 is 0 Å². The lowest BCUT2D eigenvalue weighted by Gasteiger charge is -2.22. The van der Waals surface area contributed by atoms with Gasteiger partial charge >= 0.3 is 6.03 Å². The van der Waals surface area contributed by atoms with E-state index in [9.17, 15) is 4.79 Å². The molecule has 0 unspecified atom stereocenters. The van der Waals surface area contributed by atoms with Gasteiger partial charge in [-0.1, -0.05) is 12.1 Å². The fraction of sp³-hybridized carbons (Fsp3) is 0.941. The minimum absolute atomic E-state index is 0.00732. The molecular formula is C17H40N2O5Si2. The summed E-state index contributed by atoms with van der Waals surface area (Å²) >= 11 is 0. The monoisotopic (exact) mass is 408 g/mol. The molecule has 7 nitrogen and oxygen atoms in total. The summed E-state index contributed by atoms with van der Waals surface area (Å²) in [4.78, 5) is 13.4. The molecule has 0 aromatic rings. The van der Waals surface area contributed by atoms with E-state index in [2.05, 4.69) is 0 Å². The van der Waals surface area contributed by atoms with E-state index in [0.717, 1.165) is 38.0 Å². The summed E-state index contributed by atoms with van der Waals surface area (Å²) in [5, 5.41) is 0. The SMILES string of the molecule is CCOC(OCC)[SiH2]CCCN(CCC[SiH2]C(OCC)OCC)C(N)=O. The molecular weight excluding hydrogens is 368 g/mol. The zero-order chi connectivity index (χ0) is 19.6. The topological polar surface area (TPSA) is 83.2 Å². The maximum atomic E-state index is 11.6. The molecule has 0 saturated heterocycles. The average Bonchev–Trinajstić information content (AvgIpc) is 2.60. The lowest BCUT2D eigenvalue weighted by molar-refractivity contribution is -0.0829. The second-order valence-electron chi connectivity index (χ2n) is 6.00. The van der Waals surface area contributed by atoms with Crippen molar-refractivity contribution in [1.29, 1.82) is 0 Å². The standard InChI is InChI=1S/C17H40N2O5Si2/c1-5-21-16(22-6-2)25-13-9-11-19(15(18)20)12-10-14-26-17(23-7-3)24-8-4/h16-17H,5-14,25-26H2,1-4H3,(H2,18,20). The van der Waals surface area contributed by atoms with E-state index in [4.69, 9.17) is 24.7 Å². The van der Waals surface area contributed by atoms with Gasteiger partial charge in [-0.05, 0) is 40.5 Å². The molecule has 0 radical (unpaired) electrons. The average molecular weight is 409 g/mol.